The van der Waals surface area contributed by atoms with Gasteiger partial charge in [-0.05, 0) is 30.3 Å². The van der Waals surface area contributed by atoms with Crippen LogP contribution in [0.4, 0.5) is 5.69 Å². The Balaban J connectivity index is 2.24. The monoisotopic (exact) mass is 334 g/mol. The smallest absolute Gasteiger partial charge is 0.258 e. The second-order valence-corrected chi connectivity index (χ2v) is 5.27. The lowest BCUT2D eigenvalue weighted by atomic mass is 10.1. The Morgan fingerprint density at radius 1 is 1.35 bits per heavy atom. The molecule has 1 N–H and O–H groups in total. The molecule has 0 spiro atoms. The van der Waals surface area contributed by atoms with Crippen molar-refractivity contribution in [2.75, 3.05) is 18.6 Å². The molecule has 0 unspecified atom stereocenters. The van der Waals surface area contributed by atoms with E-state index in [4.69, 9.17) is 5.11 Å². The lowest BCUT2D eigenvalue weighted by Gasteiger charge is -2.18. The predicted octanol–water partition coefficient (Wildman–Crippen LogP) is 2.66. The van der Waals surface area contributed by atoms with E-state index in [2.05, 4.69) is 20.9 Å². The number of aliphatic hydroxyl groups is 1. The third kappa shape index (κ3) is 3.43. The van der Waals surface area contributed by atoms with Crippen LogP contribution in [-0.4, -0.2) is 29.7 Å². The van der Waals surface area contributed by atoms with E-state index >= 15 is 0 Å². The first kappa shape index (κ1) is 14.7. The van der Waals surface area contributed by atoms with Gasteiger partial charge < -0.3 is 10.0 Å². The Labute approximate surface area is 126 Å². The molecule has 0 aliphatic rings. The second kappa shape index (κ2) is 6.63. The molecule has 104 valence electrons. The molecule has 1 aromatic carbocycles. The summed E-state index contributed by atoms with van der Waals surface area (Å²) in [6, 6.07) is 10.9. The van der Waals surface area contributed by atoms with Gasteiger partial charge in [0.2, 0.25) is 0 Å². The van der Waals surface area contributed by atoms with Gasteiger partial charge in [0, 0.05) is 47.7 Å². The molecule has 0 atom stereocenters. The number of hydrogen-bond acceptors (Lipinski definition) is 3. The van der Waals surface area contributed by atoms with Gasteiger partial charge in [0.25, 0.3) is 5.91 Å². The Morgan fingerprint density at radius 3 is 2.85 bits per heavy atom. The van der Waals surface area contributed by atoms with Gasteiger partial charge in [0.1, 0.15) is 0 Å². The van der Waals surface area contributed by atoms with Gasteiger partial charge in [-0.15, -0.1) is 0 Å². The van der Waals surface area contributed by atoms with E-state index in [9.17, 15) is 4.79 Å². The average molecular weight is 335 g/mol. The Bertz CT molecular complexity index is 616. The number of carbonyl (C=O) groups is 1. The molecule has 0 saturated carbocycles. The molecule has 2 aromatic rings. The zero-order valence-corrected chi connectivity index (χ0v) is 12.7. The summed E-state index contributed by atoms with van der Waals surface area (Å²) in [5.74, 6) is -0.107. The summed E-state index contributed by atoms with van der Waals surface area (Å²) in [6.45, 7) is 0.0200. The van der Waals surface area contributed by atoms with Crippen LogP contribution in [0.2, 0.25) is 0 Å². The third-order valence-electron chi connectivity index (χ3n) is 2.93. The van der Waals surface area contributed by atoms with Crippen molar-refractivity contribution in [2.45, 2.75) is 6.42 Å². The first-order valence-electron chi connectivity index (χ1n) is 6.21. The first-order valence-corrected chi connectivity index (χ1v) is 7.00. The number of hydrogen-bond donors (Lipinski definition) is 1. The van der Waals surface area contributed by atoms with Gasteiger partial charge in [-0.25, -0.2) is 0 Å². The van der Waals surface area contributed by atoms with Crippen LogP contribution in [0.15, 0.2) is 47.1 Å². The van der Waals surface area contributed by atoms with E-state index in [1.54, 1.807) is 30.3 Å². The van der Waals surface area contributed by atoms with Gasteiger partial charge in [0.15, 0.2) is 0 Å². The van der Waals surface area contributed by atoms with Crippen LogP contribution in [0.25, 0.3) is 0 Å². The number of halogens is 1. The molecular formula is C15H15BrN2O2. The van der Waals surface area contributed by atoms with Crippen LogP contribution >= 0.6 is 15.9 Å². The number of benzene rings is 1. The number of rotatable bonds is 4. The van der Waals surface area contributed by atoms with Crippen LogP contribution in [0, 0.1) is 0 Å². The average Bonchev–Trinajstić information content (AvgIpc) is 2.46. The van der Waals surface area contributed by atoms with E-state index in [1.165, 1.54) is 0 Å². The van der Waals surface area contributed by atoms with Crippen LogP contribution in [0.5, 0.6) is 0 Å². The standard InChI is InChI=1S/C15H15BrN2O2/c1-18(14-4-2-3-12(16)10-14)15(20)11-5-7-17-13(9-11)6-8-19/h2-5,7,9-10,19H,6,8H2,1H3. The summed E-state index contributed by atoms with van der Waals surface area (Å²) in [5.41, 5.74) is 2.08. The van der Waals surface area contributed by atoms with Crippen molar-refractivity contribution in [3.8, 4) is 0 Å². The summed E-state index contributed by atoms with van der Waals surface area (Å²) < 4.78 is 0.922. The predicted molar refractivity (Wildman–Crippen MR) is 81.9 cm³/mol. The topological polar surface area (TPSA) is 53.4 Å². The fourth-order valence-electron chi connectivity index (χ4n) is 1.86. The van der Waals surface area contributed by atoms with Crippen molar-refractivity contribution < 1.29 is 9.90 Å². The highest BCUT2D eigenvalue weighted by molar-refractivity contribution is 9.10. The van der Waals surface area contributed by atoms with Crippen LogP contribution in [0.3, 0.4) is 0 Å². The molecule has 4 nitrogen and oxygen atoms in total. The highest BCUT2D eigenvalue weighted by Gasteiger charge is 2.14. The van der Waals surface area contributed by atoms with Crippen molar-refractivity contribution in [3.63, 3.8) is 0 Å². The number of aromatic nitrogens is 1. The summed E-state index contributed by atoms with van der Waals surface area (Å²) in [4.78, 5) is 18.1. The van der Waals surface area contributed by atoms with E-state index in [-0.39, 0.29) is 12.5 Å². The molecule has 0 fully saturated rings. The van der Waals surface area contributed by atoms with Crippen LogP contribution in [-0.2, 0) is 6.42 Å². The first-order chi connectivity index (χ1) is 9.61. The Morgan fingerprint density at radius 2 is 2.15 bits per heavy atom. The normalized spacial score (nSPS) is 10.3. The van der Waals surface area contributed by atoms with E-state index in [0.29, 0.717) is 17.7 Å². The molecule has 0 aliphatic carbocycles. The maximum atomic E-state index is 12.4. The molecule has 1 aromatic heterocycles. The second-order valence-electron chi connectivity index (χ2n) is 4.35. The van der Waals surface area contributed by atoms with E-state index in [0.717, 1.165) is 10.2 Å². The van der Waals surface area contributed by atoms with Crippen LogP contribution < -0.4 is 4.90 Å². The van der Waals surface area contributed by atoms with Crippen LogP contribution in [0.1, 0.15) is 16.1 Å². The minimum absolute atomic E-state index is 0.0200. The lowest BCUT2D eigenvalue weighted by molar-refractivity contribution is 0.0992. The van der Waals surface area contributed by atoms with E-state index < -0.39 is 0 Å². The Hall–Kier alpha value is -1.72. The fourth-order valence-corrected chi connectivity index (χ4v) is 2.25. The van der Waals surface area contributed by atoms with Crippen molar-refractivity contribution in [1.82, 2.24) is 4.98 Å². The number of amides is 1. The Kier molecular flexibility index (Phi) is 4.87. The minimum Gasteiger partial charge on any atom is -0.396 e. The minimum atomic E-state index is -0.107. The highest BCUT2D eigenvalue weighted by Crippen LogP contribution is 2.20. The van der Waals surface area contributed by atoms with Gasteiger partial charge in [-0.3, -0.25) is 9.78 Å². The summed E-state index contributed by atoms with van der Waals surface area (Å²) in [5, 5.41) is 8.93. The van der Waals surface area contributed by atoms with Gasteiger partial charge >= 0.3 is 0 Å². The molecule has 20 heavy (non-hydrogen) atoms. The van der Waals surface area contributed by atoms with Crippen molar-refractivity contribution >= 4 is 27.5 Å². The number of carbonyl (C=O) groups excluding carboxylic acids is 1. The van der Waals surface area contributed by atoms with Crippen molar-refractivity contribution in [1.29, 1.82) is 0 Å². The summed E-state index contributed by atoms with van der Waals surface area (Å²) >= 11 is 3.39. The SMILES string of the molecule is CN(C(=O)c1ccnc(CCO)c1)c1cccc(Br)c1. The number of pyridine rings is 1. The molecule has 2 rings (SSSR count). The summed E-state index contributed by atoms with van der Waals surface area (Å²) in [7, 11) is 1.73. The maximum absolute atomic E-state index is 12.4. The fraction of sp³-hybridized carbons (Fsp3) is 0.200. The van der Waals surface area contributed by atoms with Gasteiger partial charge in [-0.1, -0.05) is 22.0 Å². The van der Waals surface area contributed by atoms with E-state index in [1.807, 2.05) is 24.3 Å². The highest BCUT2D eigenvalue weighted by atomic mass is 79.9. The molecule has 0 saturated heterocycles. The molecular weight excluding hydrogens is 320 g/mol. The molecule has 1 heterocycles. The van der Waals surface area contributed by atoms with Gasteiger partial charge in [-0.2, -0.15) is 0 Å². The van der Waals surface area contributed by atoms with Gasteiger partial charge in [0.05, 0.1) is 0 Å². The quantitative estimate of drug-likeness (QED) is 0.935. The molecule has 0 bridgehead atoms. The zero-order chi connectivity index (χ0) is 14.5. The third-order valence-corrected chi connectivity index (χ3v) is 3.42. The molecule has 0 radical (unpaired) electrons. The number of nitrogens with zero attached hydrogens (tertiary/aromatic N) is 2. The van der Waals surface area contributed by atoms with Crippen molar-refractivity contribution in [3.05, 3.63) is 58.3 Å². The largest absolute Gasteiger partial charge is 0.396 e. The molecule has 1 amide bonds. The number of anilines is 1. The van der Waals surface area contributed by atoms with Crippen molar-refractivity contribution in [2.24, 2.45) is 0 Å². The lowest BCUT2D eigenvalue weighted by Crippen LogP contribution is -2.26. The number of aliphatic hydroxyl groups excluding tert-OH is 1. The maximum Gasteiger partial charge on any atom is 0.258 e. The summed E-state index contributed by atoms with van der Waals surface area (Å²) in [6.07, 6.45) is 2.04. The molecule has 5 heteroatoms. The molecule has 0 aliphatic heterocycles. The zero-order valence-electron chi connectivity index (χ0n) is 11.1.